The molecule has 0 unspecified atom stereocenters. The number of rotatable bonds is 3. The highest BCUT2D eigenvalue weighted by molar-refractivity contribution is 5.95. The van der Waals surface area contributed by atoms with E-state index in [2.05, 4.69) is 10.1 Å². The first-order chi connectivity index (χ1) is 11.8. The second-order valence-corrected chi connectivity index (χ2v) is 5.37. The summed E-state index contributed by atoms with van der Waals surface area (Å²) in [6.45, 7) is 1.69. The Morgan fingerprint density at radius 2 is 1.64 bits per heavy atom. The highest BCUT2D eigenvalue weighted by Gasteiger charge is 2.34. The largest absolute Gasteiger partial charge is 0.573 e. The van der Waals surface area contributed by atoms with E-state index in [9.17, 15) is 18.0 Å². The highest BCUT2D eigenvalue weighted by atomic mass is 19.4. The minimum Gasteiger partial charge on any atom is -0.482 e. The van der Waals surface area contributed by atoms with Gasteiger partial charge in [0.05, 0.1) is 0 Å². The molecular weight excluding hydrogens is 339 g/mol. The number of anilines is 1. The van der Waals surface area contributed by atoms with E-state index < -0.39 is 24.5 Å². The van der Waals surface area contributed by atoms with E-state index in [-0.39, 0.29) is 5.75 Å². The number of benzene rings is 2. The second-order valence-electron chi connectivity index (χ2n) is 5.37. The number of carbonyl (C=O) groups excluding carboxylic acids is 1. The first kappa shape index (κ1) is 16.9. The number of hydrogen-bond acceptors (Lipinski definition) is 4. The predicted octanol–water partition coefficient (Wildman–Crippen LogP) is 3.75. The molecule has 1 N–H and O–H groups in total. The molecule has 3 rings (SSSR count). The van der Waals surface area contributed by atoms with Gasteiger partial charge in [0.2, 0.25) is 6.10 Å². The molecular formula is C17H14F3NO4. The van der Waals surface area contributed by atoms with E-state index in [1.807, 2.05) is 0 Å². The summed E-state index contributed by atoms with van der Waals surface area (Å²) in [5.41, 5.74) is 0.314. The number of carbonyl (C=O) groups is 1. The number of ether oxygens (including phenoxy) is 3. The summed E-state index contributed by atoms with van der Waals surface area (Å²) in [6, 6.07) is 11.8. The molecule has 0 spiro atoms. The monoisotopic (exact) mass is 353 g/mol. The number of hydrogen-bond donors (Lipinski definition) is 1. The van der Waals surface area contributed by atoms with Crippen LogP contribution in [0.2, 0.25) is 0 Å². The predicted molar refractivity (Wildman–Crippen MR) is 82.7 cm³/mol. The van der Waals surface area contributed by atoms with Crippen molar-refractivity contribution in [3.8, 4) is 17.2 Å². The van der Waals surface area contributed by atoms with Crippen LogP contribution in [0.1, 0.15) is 6.92 Å². The van der Waals surface area contributed by atoms with Gasteiger partial charge in [-0.05, 0) is 43.3 Å². The molecule has 5 nitrogen and oxygen atoms in total. The first-order valence-corrected chi connectivity index (χ1v) is 7.41. The fourth-order valence-electron chi connectivity index (χ4n) is 2.36. The molecule has 0 aliphatic carbocycles. The van der Waals surface area contributed by atoms with Gasteiger partial charge >= 0.3 is 6.36 Å². The van der Waals surface area contributed by atoms with Crippen molar-refractivity contribution < 1.29 is 32.2 Å². The Kier molecular flexibility index (Phi) is 4.43. The molecule has 8 heteroatoms. The molecule has 2 aromatic carbocycles. The van der Waals surface area contributed by atoms with Crippen molar-refractivity contribution >= 4 is 11.6 Å². The maximum Gasteiger partial charge on any atom is 0.573 e. The lowest BCUT2D eigenvalue weighted by molar-refractivity contribution is -0.274. The van der Waals surface area contributed by atoms with Crippen LogP contribution in [0.4, 0.5) is 18.9 Å². The fraction of sp³-hybridized carbons (Fsp3) is 0.235. The lowest BCUT2D eigenvalue weighted by atomic mass is 10.1. The quantitative estimate of drug-likeness (QED) is 0.913. The molecule has 132 valence electrons. The number of para-hydroxylation sites is 2. The van der Waals surface area contributed by atoms with Crippen molar-refractivity contribution in [1.29, 1.82) is 0 Å². The Bertz CT molecular complexity index is 761. The van der Waals surface area contributed by atoms with Crippen LogP contribution in [0, 0.1) is 0 Å². The van der Waals surface area contributed by atoms with Crippen LogP contribution in [0.3, 0.4) is 0 Å². The molecule has 1 aliphatic heterocycles. The van der Waals surface area contributed by atoms with E-state index >= 15 is 0 Å². The molecule has 1 aliphatic rings. The standard InChI is InChI=1S/C17H14F3NO4/c1-10-15(24-14-5-3-2-4-13(14)23-10)16(22)21-11-6-8-12(9-7-11)25-17(18,19)20/h2-10,15H,1H3,(H,21,22)/t10-,15-/m1/s1. The molecule has 0 saturated heterocycles. The van der Waals surface area contributed by atoms with Gasteiger partial charge in [-0.2, -0.15) is 0 Å². The zero-order valence-corrected chi connectivity index (χ0v) is 13.0. The Labute approximate surface area is 141 Å². The molecule has 0 bridgehead atoms. The lowest BCUT2D eigenvalue weighted by Crippen LogP contribution is -2.46. The highest BCUT2D eigenvalue weighted by Crippen LogP contribution is 2.33. The summed E-state index contributed by atoms with van der Waals surface area (Å²) in [4.78, 5) is 12.4. The van der Waals surface area contributed by atoms with E-state index in [1.165, 1.54) is 12.1 Å². The first-order valence-electron chi connectivity index (χ1n) is 7.41. The Hall–Kier alpha value is -2.90. The van der Waals surface area contributed by atoms with Crippen LogP contribution >= 0.6 is 0 Å². The Balaban J connectivity index is 1.66. The second kappa shape index (κ2) is 6.54. The van der Waals surface area contributed by atoms with Gasteiger partial charge in [-0.1, -0.05) is 12.1 Å². The van der Waals surface area contributed by atoms with Crippen molar-refractivity contribution in [2.45, 2.75) is 25.5 Å². The molecule has 0 radical (unpaired) electrons. The van der Waals surface area contributed by atoms with Gasteiger partial charge < -0.3 is 19.5 Å². The smallest absolute Gasteiger partial charge is 0.482 e. The third kappa shape index (κ3) is 4.14. The van der Waals surface area contributed by atoms with Gasteiger partial charge in [0.25, 0.3) is 5.91 Å². The summed E-state index contributed by atoms with van der Waals surface area (Å²) < 4.78 is 51.5. The molecule has 0 aromatic heterocycles. The number of fused-ring (bicyclic) bond motifs is 1. The zero-order valence-electron chi connectivity index (χ0n) is 13.0. The third-order valence-electron chi connectivity index (χ3n) is 3.46. The van der Waals surface area contributed by atoms with Gasteiger partial charge in [0.1, 0.15) is 11.9 Å². The summed E-state index contributed by atoms with van der Waals surface area (Å²) in [7, 11) is 0. The molecule has 0 saturated carbocycles. The van der Waals surface area contributed by atoms with Crippen LogP contribution < -0.4 is 19.5 Å². The molecule has 2 atom stereocenters. The average Bonchev–Trinajstić information content (AvgIpc) is 2.54. The molecule has 0 fully saturated rings. The SMILES string of the molecule is C[C@H]1Oc2ccccc2O[C@H]1C(=O)Nc1ccc(OC(F)(F)F)cc1. The van der Waals surface area contributed by atoms with Gasteiger partial charge in [-0.3, -0.25) is 4.79 Å². The third-order valence-corrected chi connectivity index (χ3v) is 3.46. The van der Waals surface area contributed by atoms with Crippen LogP contribution in [-0.4, -0.2) is 24.5 Å². The molecule has 1 heterocycles. The maximum absolute atomic E-state index is 12.4. The molecule has 25 heavy (non-hydrogen) atoms. The Morgan fingerprint density at radius 3 is 2.24 bits per heavy atom. The van der Waals surface area contributed by atoms with E-state index in [4.69, 9.17) is 9.47 Å². The van der Waals surface area contributed by atoms with Gasteiger partial charge in [-0.25, -0.2) is 0 Å². The number of halogens is 3. The normalized spacial score (nSPS) is 19.2. The van der Waals surface area contributed by atoms with Crippen LogP contribution in [-0.2, 0) is 4.79 Å². The number of nitrogens with one attached hydrogen (secondary N) is 1. The Morgan fingerprint density at radius 1 is 1.04 bits per heavy atom. The fourth-order valence-corrected chi connectivity index (χ4v) is 2.36. The summed E-state index contributed by atoms with van der Waals surface area (Å²) in [5, 5.41) is 2.58. The topological polar surface area (TPSA) is 56.8 Å². The van der Waals surface area contributed by atoms with E-state index in [1.54, 1.807) is 31.2 Å². The minimum atomic E-state index is -4.76. The van der Waals surface area contributed by atoms with Crippen LogP contribution in [0.25, 0.3) is 0 Å². The van der Waals surface area contributed by atoms with Crippen LogP contribution in [0.15, 0.2) is 48.5 Å². The average molecular weight is 353 g/mol. The van der Waals surface area contributed by atoms with Crippen molar-refractivity contribution in [3.05, 3.63) is 48.5 Å². The molecule has 1 amide bonds. The summed E-state index contributed by atoms with van der Waals surface area (Å²) >= 11 is 0. The number of alkyl halides is 3. The maximum atomic E-state index is 12.4. The number of amides is 1. The summed E-state index contributed by atoms with van der Waals surface area (Å²) in [6.07, 6.45) is -6.18. The van der Waals surface area contributed by atoms with Crippen molar-refractivity contribution in [1.82, 2.24) is 0 Å². The zero-order chi connectivity index (χ0) is 18.0. The van der Waals surface area contributed by atoms with E-state index in [0.29, 0.717) is 17.2 Å². The van der Waals surface area contributed by atoms with Crippen LogP contribution in [0.5, 0.6) is 17.2 Å². The van der Waals surface area contributed by atoms with Crippen molar-refractivity contribution in [3.63, 3.8) is 0 Å². The lowest BCUT2D eigenvalue weighted by Gasteiger charge is -2.31. The minimum absolute atomic E-state index is 0.314. The van der Waals surface area contributed by atoms with Crippen molar-refractivity contribution in [2.75, 3.05) is 5.32 Å². The van der Waals surface area contributed by atoms with Gasteiger partial charge in [-0.15, -0.1) is 13.2 Å². The molecule has 2 aromatic rings. The van der Waals surface area contributed by atoms with Gasteiger partial charge in [0.15, 0.2) is 11.5 Å². The van der Waals surface area contributed by atoms with Gasteiger partial charge in [0, 0.05) is 5.69 Å². The summed E-state index contributed by atoms with van der Waals surface area (Å²) in [5.74, 6) is 0.166. The van der Waals surface area contributed by atoms with E-state index in [0.717, 1.165) is 12.1 Å². The van der Waals surface area contributed by atoms with Crippen molar-refractivity contribution in [2.24, 2.45) is 0 Å².